The second-order valence-corrected chi connectivity index (χ2v) is 5.87. The summed E-state index contributed by atoms with van der Waals surface area (Å²) in [6.45, 7) is 4.53. The SMILES string of the molecule is COC1CNC(C(=O)Nc2sc(C)c(C)c2C#N)C1. The molecular formula is C13H17N3O2S. The fourth-order valence-electron chi connectivity index (χ4n) is 2.13. The standard InChI is InChI=1S/C13H17N3O2S/c1-7-8(2)19-13(10(7)5-14)16-12(17)11-4-9(18-3)6-15-11/h9,11,15H,4,6H2,1-3H3,(H,16,17). The molecule has 0 spiro atoms. The number of carbonyl (C=O) groups is 1. The van der Waals surface area contributed by atoms with Gasteiger partial charge in [0.05, 0.1) is 17.7 Å². The molecule has 2 N–H and O–H groups in total. The van der Waals surface area contributed by atoms with Crippen LogP contribution in [-0.2, 0) is 9.53 Å². The molecule has 2 unspecified atom stereocenters. The van der Waals surface area contributed by atoms with Crippen LogP contribution in [-0.4, -0.2) is 31.7 Å². The van der Waals surface area contributed by atoms with E-state index in [9.17, 15) is 4.79 Å². The maximum absolute atomic E-state index is 12.1. The Labute approximate surface area is 116 Å². The van der Waals surface area contributed by atoms with Gasteiger partial charge in [-0.2, -0.15) is 5.26 Å². The van der Waals surface area contributed by atoms with E-state index in [1.807, 2.05) is 13.8 Å². The van der Waals surface area contributed by atoms with E-state index in [-0.39, 0.29) is 18.1 Å². The number of nitriles is 1. The van der Waals surface area contributed by atoms with Gasteiger partial charge in [0.15, 0.2) is 0 Å². The topological polar surface area (TPSA) is 74.2 Å². The van der Waals surface area contributed by atoms with Gasteiger partial charge in [-0.15, -0.1) is 11.3 Å². The lowest BCUT2D eigenvalue weighted by atomic mass is 10.1. The number of anilines is 1. The number of methoxy groups -OCH3 is 1. The highest BCUT2D eigenvalue weighted by molar-refractivity contribution is 7.16. The first-order chi connectivity index (χ1) is 9.06. The zero-order valence-electron chi connectivity index (χ0n) is 11.2. The van der Waals surface area contributed by atoms with Crippen molar-refractivity contribution >= 4 is 22.2 Å². The molecule has 1 aromatic heterocycles. The lowest BCUT2D eigenvalue weighted by Crippen LogP contribution is -2.35. The van der Waals surface area contributed by atoms with Gasteiger partial charge < -0.3 is 15.4 Å². The zero-order chi connectivity index (χ0) is 14.0. The average molecular weight is 279 g/mol. The number of nitrogens with one attached hydrogen (secondary N) is 2. The van der Waals surface area contributed by atoms with Crippen LogP contribution < -0.4 is 10.6 Å². The van der Waals surface area contributed by atoms with Crippen LogP contribution in [0.1, 0.15) is 22.4 Å². The number of aryl methyl sites for hydroxylation is 1. The van der Waals surface area contributed by atoms with Gasteiger partial charge in [0.1, 0.15) is 11.1 Å². The molecule has 2 heterocycles. The number of hydrogen-bond donors (Lipinski definition) is 2. The van der Waals surface area contributed by atoms with Crippen molar-refractivity contribution in [2.24, 2.45) is 0 Å². The van der Waals surface area contributed by atoms with E-state index in [4.69, 9.17) is 10.00 Å². The molecule has 5 nitrogen and oxygen atoms in total. The number of amides is 1. The van der Waals surface area contributed by atoms with Gasteiger partial charge in [0.25, 0.3) is 0 Å². The van der Waals surface area contributed by atoms with Crippen molar-refractivity contribution in [1.82, 2.24) is 5.32 Å². The predicted octanol–water partition coefficient (Wildman–Crippen LogP) is 1.55. The van der Waals surface area contributed by atoms with Crippen molar-refractivity contribution in [1.29, 1.82) is 5.26 Å². The third kappa shape index (κ3) is 2.78. The molecule has 1 fully saturated rings. The molecule has 2 atom stereocenters. The zero-order valence-corrected chi connectivity index (χ0v) is 12.1. The third-order valence-electron chi connectivity index (χ3n) is 3.47. The van der Waals surface area contributed by atoms with Crippen LogP contribution in [0.25, 0.3) is 0 Å². The average Bonchev–Trinajstić information content (AvgIpc) is 2.96. The minimum Gasteiger partial charge on any atom is -0.380 e. The molecule has 1 amide bonds. The van der Waals surface area contributed by atoms with E-state index in [0.717, 1.165) is 10.4 Å². The Morgan fingerprint density at radius 2 is 2.32 bits per heavy atom. The Morgan fingerprint density at radius 1 is 1.58 bits per heavy atom. The summed E-state index contributed by atoms with van der Waals surface area (Å²) < 4.78 is 5.22. The summed E-state index contributed by atoms with van der Waals surface area (Å²) >= 11 is 1.45. The fourth-order valence-corrected chi connectivity index (χ4v) is 3.14. The van der Waals surface area contributed by atoms with Gasteiger partial charge in [0.2, 0.25) is 5.91 Å². The summed E-state index contributed by atoms with van der Waals surface area (Å²) in [7, 11) is 1.65. The largest absolute Gasteiger partial charge is 0.380 e. The number of rotatable bonds is 3. The van der Waals surface area contributed by atoms with Crippen LogP contribution in [0.4, 0.5) is 5.00 Å². The van der Waals surface area contributed by atoms with E-state index in [2.05, 4.69) is 16.7 Å². The number of nitrogens with zero attached hydrogens (tertiary/aromatic N) is 1. The molecule has 1 aromatic rings. The molecule has 19 heavy (non-hydrogen) atoms. The van der Waals surface area contributed by atoms with Crippen LogP contribution in [0.5, 0.6) is 0 Å². The minimum absolute atomic E-state index is 0.0815. The first kappa shape index (κ1) is 14.0. The van der Waals surface area contributed by atoms with Crippen LogP contribution in [0.3, 0.4) is 0 Å². The predicted molar refractivity (Wildman–Crippen MR) is 74.3 cm³/mol. The maximum Gasteiger partial charge on any atom is 0.242 e. The Bertz CT molecular complexity index is 533. The fraction of sp³-hybridized carbons (Fsp3) is 0.538. The molecule has 1 saturated heterocycles. The first-order valence-corrected chi connectivity index (χ1v) is 6.95. The molecule has 0 radical (unpaired) electrons. The Hall–Kier alpha value is -1.42. The molecule has 0 aliphatic carbocycles. The monoisotopic (exact) mass is 279 g/mol. The molecule has 6 heteroatoms. The highest BCUT2D eigenvalue weighted by Gasteiger charge is 2.30. The normalized spacial score (nSPS) is 22.2. The molecular weight excluding hydrogens is 262 g/mol. The van der Waals surface area contributed by atoms with Crippen molar-refractivity contribution in [3.8, 4) is 6.07 Å². The van der Waals surface area contributed by atoms with Gasteiger partial charge in [0, 0.05) is 18.5 Å². The summed E-state index contributed by atoms with van der Waals surface area (Å²) in [5, 5.41) is 15.8. The molecule has 1 aliphatic heterocycles. The summed E-state index contributed by atoms with van der Waals surface area (Å²) in [6, 6.07) is 1.90. The van der Waals surface area contributed by atoms with Crippen molar-refractivity contribution in [3.05, 3.63) is 16.0 Å². The molecule has 0 saturated carbocycles. The quantitative estimate of drug-likeness (QED) is 0.880. The van der Waals surface area contributed by atoms with Crippen molar-refractivity contribution in [2.45, 2.75) is 32.4 Å². The summed E-state index contributed by atoms with van der Waals surface area (Å²) in [4.78, 5) is 13.2. The van der Waals surface area contributed by atoms with E-state index in [1.54, 1.807) is 7.11 Å². The summed E-state index contributed by atoms with van der Waals surface area (Å²) in [5.41, 5.74) is 1.51. The van der Waals surface area contributed by atoms with E-state index in [0.29, 0.717) is 23.5 Å². The Morgan fingerprint density at radius 3 is 2.89 bits per heavy atom. The third-order valence-corrected chi connectivity index (χ3v) is 4.60. The lowest BCUT2D eigenvalue weighted by molar-refractivity contribution is -0.117. The van der Waals surface area contributed by atoms with Crippen molar-refractivity contribution in [2.75, 3.05) is 19.0 Å². The maximum atomic E-state index is 12.1. The van der Waals surface area contributed by atoms with Gasteiger partial charge >= 0.3 is 0 Å². The highest BCUT2D eigenvalue weighted by Crippen LogP contribution is 2.31. The molecule has 2 rings (SSSR count). The van der Waals surface area contributed by atoms with E-state index < -0.39 is 0 Å². The molecule has 1 aliphatic rings. The highest BCUT2D eigenvalue weighted by atomic mass is 32.1. The molecule has 0 bridgehead atoms. The minimum atomic E-state index is -0.251. The van der Waals surface area contributed by atoms with Crippen molar-refractivity contribution < 1.29 is 9.53 Å². The molecule has 102 valence electrons. The van der Waals surface area contributed by atoms with Gasteiger partial charge in [-0.25, -0.2) is 0 Å². The molecule has 0 aromatic carbocycles. The number of ether oxygens (including phenoxy) is 1. The number of carbonyl (C=O) groups excluding carboxylic acids is 1. The summed E-state index contributed by atoms with van der Waals surface area (Å²) in [5.74, 6) is -0.0997. The van der Waals surface area contributed by atoms with Crippen LogP contribution in [0.15, 0.2) is 0 Å². The summed E-state index contributed by atoms with van der Waals surface area (Å²) in [6.07, 6.45) is 0.742. The second-order valence-electron chi connectivity index (χ2n) is 4.64. The van der Waals surface area contributed by atoms with Gasteiger partial charge in [-0.05, 0) is 25.8 Å². The smallest absolute Gasteiger partial charge is 0.242 e. The lowest BCUT2D eigenvalue weighted by Gasteiger charge is -2.10. The number of thiophene rings is 1. The van der Waals surface area contributed by atoms with Crippen LogP contribution >= 0.6 is 11.3 Å². The van der Waals surface area contributed by atoms with Crippen LogP contribution in [0, 0.1) is 25.2 Å². The first-order valence-electron chi connectivity index (χ1n) is 6.14. The number of hydrogen-bond acceptors (Lipinski definition) is 5. The van der Waals surface area contributed by atoms with Crippen molar-refractivity contribution in [3.63, 3.8) is 0 Å². The van der Waals surface area contributed by atoms with Crippen LogP contribution in [0.2, 0.25) is 0 Å². The van der Waals surface area contributed by atoms with E-state index in [1.165, 1.54) is 11.3 Å². The van der Waals surface area contributed by atoms with Gasteiger partial charge in [-0.1, -0.05) is 0 Å². The Kier molecular flexibility index (Phi) is 4.20. The van der Waals surface area contributed by atoms with E-state index >= 15 is 0 Å². The van der Waals surface area contributed by atoms with Gasteiger partial charge in [-0.3, -0.25) is 4.79 Å². The second kappa shape index (κ2) is 5.70. The Balaban J connectivity index is 2.08.